The van der Waals surface area contributed by atoms with E-state index in [9.17, 15) is 9.59 Å². The Morgan fingerprint density at radius 2 is 2.17 bits per heavy atom. The first-order chi connectivity index (χ1) is 11.5. The van der Waals surface area contributed by atoms with E-state index in [4.69, 9.17) is 21.1 Å². The third kappa shape index (κ3) is 3.57. The van der Waals surface area contributed by atoms with Gasteiger partial charge in [0, 0.05) is 23.6 Å². The summed E-state index contributed by atoms with van der Waals surface area (Å²) in [5, 5.41) is 4.77. The first kappa shape index (κ1) is 16.1. The van der Waals surface area contributed by atoms with Crippen LogP contribution in [0.3, 0.4) is 0 Å². The molecule has 24 heavy (non-hydrogen) atoms. The van der Waals surface area contributed by atoms with Crippen LogP contribution in [0, 0.1) is 0 Å². The molecule has 0 aliphatic heterocycles. The van der Waals surface area contributed by atoms with E-state index >= 15 is 0 Å². The van der Waals surface area contributed by atoms with Crippen molar-refractivity contribution in [2.75, 3.05) is 13.2 Å². The highest BCUT2D eigenvalue weighted by atomic mass is 35.5. The number of aromatic amines is 1. The summed E-state index contributed by atoms with van der Waals surface area (Å²) >= 11 is 5.98. The van der Waals surface area contributed by atoms with Crippen molar-refractivity contribution in [2.24, 2.45) is 0 Å². The molecule has 2 heterocycles. The Morgan fingerprint density at radius 3 is 2.92 bits per heavy atom. The lowest BCUT2D eigenvalue weighted by molar-refractivity contribution is -0.141. The van der Waals surface area contributed by atoms with Crippen LogP contribution >= 0.6 is 11.6 Å². The number of H-pyrrole nitrogens is 1. The first-order valence-electron chi connectivity index (χ1n) is 7.18. The fourth-order valence-corrected chi connectivity index (χ4v) is 2.38. The molecule has 0 aliphatic carbocycles. The zero-order valence-corrected chi connectivity index (χ0v) is 13.5. The minimum Gasteiger partial charge on any atom is -0.473 e. The molecule has 0 fully saturated rings. The fraction of sp³-hybridized carbons (Fsp3) is 0.188. The quantitative estimate of drug-likeness (QED) is 0.565. The number of halogens is 1. The lowest BCUT2D eigenvalue weighted by atomic mass is 10.2. The topological polar surface area (TPSA) is 85.7 Å². The van der Waals surface area contributed by atoms with E-state index in [2.05, 4.69) is 10.1 Å². The largest absolute Gasteiger partial charge is 0.473 e. The molecule has 1 aromatic carbocycles. The number of nitrogens with one attached hydrogen (secondary N) is 1. The molecule has 0 radical (unpaired) electrons. The molecule has 0 spiro atoms. The second-order valence-electron chi connectivity index (χ2n) is 5.01. The van der Waals surface area contributed by atoms with Gasteiger partial charge in [-0.25, -0.2) is 4.52 Å². The second kappa shape index (κ2) is 6.76. The van der Waals surface area contributed by atoms with E-state index in [1.54, 1.807) is 24.4 Å². The van der Waals surface area contributed by atoms with E-state index in [1.165, 1.54) is 17.5 Å². The summed E-state index contributed by atoms with van der Waals surface area (Å²) in [5.41, 5.74) is 1.41. The standard InChI is InChI=1S/C16H14ClN3O4/c1-10(21)23-5-6-24-15-8-14-16(22)18-13(9-20(14)19-15)11-3-2-4-12(17)7-11/h2-4,7-9H,5-6H2,1H3,(H,18,22). The van der Waals surface area contributed by atoms with Crippen molar-refractivity contribution in [3.8, 4) is 17.1 Å². The Morgan fingerprint density at radius 1 is 1.33 bits per heavy atom. The molecule has 0 unspecified atom stereocenters. The maximum absolute atomic E-state index is 12.2. The number of ether oxygens (including phenoxy) is 2. The molecule has 124 valence electrons. The molecule has 2 aromatic heterocycles. The van der Waals surface area contributed by atoms with Crippen LogP contribution in [0.4, 0.5) is 0 Å². The molecule has 3 rings (SSSR count). The van der Waals surface area contributed by atoms with Crippen molar-refractivity contribution >= 4 is 23.1 Å². The zero-order chi connectivity index (χ0) is 17.1. The molecule has 0 bridgehead atoms. The molecule has 0 saturated carbocycles. The number of carbonyl (C=O) groups is 1. The molecular weight excluding hydrogens is 334 g/mol. The number of esters is 1. The number of hydrogen-bond donors (Lipinski definition) is 1. The van der Waals surface area contributed by atoms with Crippen molar-refractivity contribution < 1.29 is 14.3 Å². The number of fused-ring (bicyclic) bond motifs is 1. The Labute approximate surface area is 141 Å². The monoisotopic (exact) mass is 347 g/mol. The Hall–Kier alpha value is -2.80. The van der Waals surface area contributed by atoms with Gasteiger partial charge in [-0.1, -0.05) is 23.7 Å². The van der Waals surface area contributed by atoms with E-state index < -0.39 is 0 Å². The van der Waals surface area contributed by atoms with Gasteiger partial charge in [0.2, 0.25) is 5.88 Å². The third-order valence-electron chi connectivity index (χ3n) is 3.22. The van der Waals surface area contributed by atoms with E-state index in [0.29, 0.717) is 16.2 Å². The molecule has 7 nitrogen and oxygen atoms in total. The highest BCUT2D eigenvalue weighted by Gasteiger charge is 2.09. The summed E-state index contributed by atoms with van der Waals surface area (Å²) < 4.78 is 11.6. The molecule has 0 saturated heterocycles. The number of aromatic nitrogens is 3. The number of hydrogen-bond acceptors (Lipinski definition) is 5. The van der Waals surface area contributed by atoms with Crippen LogP contribution < -0.4 is 10.3 Å². The van der Waals surface area contributed by atoms with Gasteiger partial charge in [-0.3, -0.25) is 9.59 Å². The van der Waals surface area contributed by atoms with Crippen LogP contribution in [-0.4, -0.2) is 33.8 Å². The van der Waals surface area contributed by atoms with Gasteiger partial charge in [-0.2, -0.15) is 0 Å². The van der Waals surface area contributed by atoms with Crippen LogP contribution in [0.5, 0.6) is 5.88 Å². The number of carbonyl (C=O) groups excluding carboxylic acids is 1. The molecule has 1 N–H and O–H groups in total. The summed E-state index contributed by atoms with van der Waals surface area (Å²) in [6, 6.07) is 8.66. The molecule has 3 aromatic rings. The van der Waals surface area contributed by atoms with Crippen LogP contribution in [-0.2, 0) is 9.53 Å². The van der Waals surface area contributed by atoms with Crippen molar-refractivity contribution in [3.63, 3.8) is 0 Å². The Balaban J connectivity index is 1.86. The van der Waals surface area contributed by atoms with Crippen LogP contribution in [0.15, 0.2) is 41.3 Å². The molecule has 8 heteroatoms. The van der Waals surface area contributed by atoms with Gasteiger partial charge >= 0.3 is 5.97 Å². The average Bonchev–Trinajstić information content (AvgIpc) is 2.95. The third-order valence-corrected chi connectivity index (χ3v) is 3.45. The van der Waals surface area contributed by atoms with Gasteiger partial charge in [0.15, 0.2) is 0 Å². The predicted molar refractivity (Wildman–Crippen MR) is 88.4 cm³/mol. The maximum atomic E-state index is 12.2. The summed E-state index contributed by atoms with van der Waals surface area (Å²) in [6.45, 7) is 1.59. The summed E-state index contributed by atoms with van der Waals surface area (Å²) in [5.74, 6) is -0.105. The van der Waals surface area contributed by atoms with E-state index in [0.717, 1.165) is 5.56 Å². The minimum atomic E-state index is -0.379. The van der Waals surface area contributed by atoms with Gasteiger partial charge in [-0.15, -0.1) is 5.10 Å². The van der Waals surface area contributed by atoms with E-state index in [1.807, 2.05) is 6.07 Å². The smallest absolute Gasteiger partial charge is 0.302 e. The lowest BCUT2D eigenvalue weighted by Crippen LogP contribution is -2.10. The summed E-state index contributed by atoms with van der Waals surface area (Å²) in [7, 11) is 0. The van der Waals surface area contributed by atoms with Crippen LogP contribution in [0.1, 0.15) is 6.92 Å². The Kier molecular flexibility index (Phi) is 4.52. The number of rotatable bonds is 5. The molecule has 0 amide bonds. The van der Waals surface area contributed by atoms with Crippen molar-refractivity contribution in [2.45, 2.75) is 6.92 Å². The molecule has 0 atom stereocenters. The van der Waals surface area contributed by atoms with Gasteiger partial charge in [0.1, 0.15) is 18.7 Å². The maximum Gasteiger partial charge on any atom is 0.302 e. The predicted octanol–water partition coefficient (Wildman–Crippen LogP) is 2.28. The Bertz CT molecular complexity index is 948. The molecular formula is C16H14ClN3O4. The first-order valence-corrected chi connectivity index (χ1v) is 7.55. The summed E-state index contributed by atoms with van der Waals surface area (Å²) in [4.78, 5) is 25.7. The number of benzene rings is 1. The van der Waals surface area contributed by atoms with Crippen LogP contribution in [0.25, 0.3) is 16.8 Å². The normalized spacial score (nSPS) is 10.8. The fourth-order valence-electron chi connectivity index (χ4n) is 2.19. The van der Waals surface area contributed by atoms with Gasteiger partial charge in [0.05, 0.1) is 11.9 Å². The van der Waals surface area contributed by atoms with Crippen molar-refractivity contribution in [1.82, 2.24) is 14.6 Å². The van der Waals surface area contributed by atoms with Crippen LogP contribution in [0.2, 0.25) is 5.02 Å². The van der Waals surface area contributed by atoms with Gasteiger partial charge < -0.3 is 14.5 Å². The molecule has 0 aliphatic rings. The lowest BCUT2D eigenvalue weighted by Gasteiger charge is -2.03. The minimum absolute atomic E-state index is 0.118. The summed E-state index contributed by atoms with van der Waals surface area (Å²) in [6.07, 6.45) is 1.68. The zero-order valence-electron chi connectivity index (χ0n) is 12.8. The highest BCUT2D eigenvalue weighted by Crippen LogP contribution is 2.20. The van der Waals surface area contributed by atoms with Crippen molar-refractivity contribution in [3.05, 3.63) is 51.9 Å². The van der Waals surface area contributed by atoms with Gasteiger partial charge in [0.25, 0.3) is 5.56 Å². The van der Waals surface area contributed by atoms with Gasteiger partial charge in [-0.05, 0) is 12.1 Å². The average molecular weight is 348 g/mol. The highest BCUT2D eigenvalue weighted by molar-refractivity contribution is 6.30. The van der Waals surface area contributed by atoms with E-state index in [-0.39, 0.29) is 30.6 Å². The number of nitrogens with zero attached hydrogens (tertiary/aromatic N) is 2. The van der Waals surface area contributed by atoms with Crippen molar-refractivity contribution in [1.29, 1.82) is 0 Å². The SMILES string of the molecule is CC(=O)OCCOc1cc2c(=O)[nH]c(-c3cccc(Cl)c3)cn2n1. The second-order valence-corrected chi connectivity index (χ2v) is 5.44.